The second-order valence-electron chi connectivity index (χ2n) is 6.76. The molecule has 0 aliphatic rings. The van der Waals surface area contributed by atoms with Crippen LogP contribution in [0.1, 0.15) is 64.2 Å². The van der Waals surface area contributed by atoms with Gasteiger partial charge in [0.25, 0.3) is 0 Å². The summed E-state index contributed by atoms with van der Waals surface area (Å²) >= 11 is 0. The molecule has 0 bridgehead atoms. The average Bonchev–Trinajstić information content (AvgIpc) is 2.37. The molecule has 0 aliphatic carbocycles. The molecule has 0 aliphatic heterocycles. The van der Waals surface area contributed by atoms with Gasteiger partial charge in [-0.3, -0.25) is 0 Å². The Morgan fingerprint density at radius 2 is 1.45 bits per heavy atom. The minimum atomic E-state index is -0.407. The zero-order valence-electron chi connectivity index (χ0n) is 13.9. The van der Waals surface area contributed by atoms with Gasteiger partial charge in [-0.25, -0.2) is 0 Å². The smallest absolute Gasteiger partial charge is 0.0916 e. The van der Waals surface area contributed by atoms with Gasteiger partial charge in [0, 0.05) is 12.6 Å². The zero-order valence-corrected chi connectivity index (χ0v) is 13.9. The molecule has 0 fully saturated rings. The van der Waals surface area contributed by atoms with Crippen molar-refractivity contribution in [2.45, 2.75) is 59.1 Å². The van der Waals surface area contributed by atoms with E-state index in [1.807, 2.05) is 0 Å². The van der Waals surface area contributed by atoms with Crippen LogP contribution in [-0.4, -0.2) is 29.6 Å². The molecule has 1 rings (SSSR count). The van der Waals surface area contributed by atoms with Crippen molar-refractivity contribution in [2.24, 2.45) is 5.92 Å². The highest BCUT2D eigenvalue weighted by Gasteiger charge is 2.16. The second kappa shape index (κ2) is 7.80. The molecule has 2 atom stereocenters. The molecule has 1 N–H and O–H groups in total. The van der Waals surface area contributed by atoms with Crippen LogP contribution in [0.3, 0.4) is 0 Å². The Labute approximate surface area is 124 Å². The Bertz CT molecular complexity index is 383. The van der Waals surface area contributed by atoms with Crippen molar-refractivity contribution in [1.82, 2.24) is 4.90 Å². The first-order chi connectivity index (χ1) is 9.31. The van der Waals surface area contributed by atoms with E-state index in [0.717, 1.165) is 12.0 Å². The number of benzene rings is 1. The quantitative estimate of drug-likeness (QED) is 0.807. The Kier molecular flexibility index (Phi) is 6.70. The Morgan fingerprint density at radius 1 is 0.950 bits per heavy atom. The van der Waals surface area contributed by atoms with Crippen LogP contribution in [0.25, 0.3) is 0 Å². The van der Waals surface area contributed by atoms with Crippen molar-refractivity contribution in [2.75, 3.05) is 13.6 Å². The van der Waals surface area contributed by atoms with Gasteiger partial charge in [0.15, 0.2) is 0 Å². The van der Waals surface area contributed by atoms with E-state index in [1.165, 1.54) is 5.56 Å². The Balaban J connectivity index is 2.59. The topological polar surface area (TPSA) is 23.5 Å². The molecule has 2 heteroatoms. The average molecular weight is 277 g/mol. The number of aliphatic hydroxyl groups is 1. The fourth-order valence-electron chi connectivity index (χ4n) is 2.52. The number of hydrogen-bond donors (Lipinski definition) is 1. The Morgan fingerprint density at radius 3 is 1.90 bits per heavy atom. The third-order valence-corrected chi connectivity index (χ3v) is 4.01. The third kappa shape index (κ3) is 5.26. The molecule has 1 aromatic carbocycles. The van der Waals surface area contributed by atoms with E-state index in [4.69, 9.17) is 0 Å². The summed E-state index contributed by atoms with van der Waals surface area (Å²) in [7, 11) is 2.10. The van der Waals surface area contributed by atoms with Gasteiger partial charge >= 0.3 is 0 Å². The van der Waals surface area contributed by atoms with Crippen LogP contribution < -0.4 is 0 Å². The van der Waals surface area contributed by atoms with Crippen molar-refractivity contribution in [3.8, 4) is 0 Å². The summed E-state index contributed by atoms with van der Waals surface area (Å²) in [6.07, 6.45) is 0.756. The highest BCUT2D eigenvalue weighted by Crippen LogP contribution is 2.20. The highest BCUT2D eigenvalue weighted by atomic mass is 16.3. The summed E-state index contributed by atoms with van der Waals surface area (Å²) in [6, 6.07) is 8.86. The van der Waals surface area contributed by atoms with Crippen molar-refractivity contribution in [1.29, 1.82) is 0 Å². The minimum Gasteiger partial charge on any atom is -0.387 e. The lowest BCUT2D eigenvalue weighted by Crippen LogP contribution is -2.33. The summed E-state index contributed by atoms with van der Waals surface area (Å²) < 4.78 is 0. The van der Waals surface area contributed by atoms with Crippen LogP contribution in [0, 0.1) is 5.92 Å². The molecule has 2 nitrogen and oxygen atoms in total. The van der Waals surface area contributed by atoms with Crippen LogP contribution in [-0.2, 0) is 0 Å². The fourth-order valence-corrected chi connectivity index (χ4v) is 2.52. The molecular weight excluding hydrogens is 246 g/mol. The maximum absolute atomic E-state index is 10.4. The van der Waals surface area contributed by atoms with E-state index in [9.17, 15) is 5.11 Å². The first-order valence-corrected chi connectivity index (χ1v) is 7.79. The van der Waals surface area contributed by atoms with Gasteiger partial charge in [-0.05, 0) is 43.4 Å². The standard InChI is InChI=1S/C18H31NO/c1-13(2)11-15(5)19(6)12-18(20)17-9-7-16(8-10-17)14(3)4/h7-10,13-15,18,20H,11-12H2,1-6H3. The fraction of sp³-hybridized carbons (Fsp3) is 0.667. The molecule has 20 heavy (non-hydrogen) atoms. The van der Waals surface area contributed by atoms with E-state index in [0.29, 0.717) is 24.4 Å². The zero-order chi connectivity index (χ0) is 15.3. The monoisotopic (exact) mass is 277 g/mol. The summed E-state index contributed by atoms with van der Waals surface area (Å²) in [5.41, 5.74) is 2.33. The minimum absolute atomic E-state index is 0.407. The van der Waals surface area contributed by atoms with E-state index < -0.39 is 6.10 Å². The lowest BCUT2D eigenvalue weighted by atomic mass is 9.99. The molecule has 0 aromatic heterocycles. The highest BCUT2D eigenvalue weighted by molar-refractivity contribution is 5.26. The first-order valence-electron chi connectivity index (χ1n) is 7.79. The lowest BCUT2D eigenvalue weighted by molar-refractivity contribution is 0.102. The normalized spacial score (nSPS) is 15.1. The van der Waals surface area contributed by atoms with Gasteiger partial charge in [-0.15, -0.1) is 0 Å². The molecule has 2 unspecified atom stereocenters. The number of nitrogens with zero attached hydrogens (tertiary/aromatic N) is 1. The van der Waals surface area contributed by atoms with Gasteiger partial charge in [-0.1, -0.05) is 52.0 Å². The van der Waals surface area contributed by atoms with Crippen LogP contribution in [0.5, 0.6) is 0 Å². The van der Waals surface area contributed by atoms with E-state index in [2.05, 4.69) is 70.8 Å². The van der Waals surface area contributed by atoms with Crippen molar-refractivity contribution in [3.05, 3.63) is 35.4 Å². The maximum atomic E-state index is 10.4. The molecule has 1 aromatic rings. The molecular formula is C18H31NO. The number of rotatable bonds is 7. The van der Waals surface area contributed by atoms with Crippen LogP contribution >= 0.6 is 0 Å². The predicted molar refractivity (Wildman–Crippen MR) is 87.0 cm³/mol. The van der Waals surface area contributed by atoms with E-state index in [1.54, 1.807) is 0 Å². The number of likely N-dealkylation sites (N-methyl/N-ethyl adjacent to an activating group) is 1. The summed E-state index contributed by atoms with van der Waals surface area (Å²) in [4.78, 5) is 2.25. The van der Waals surface area contributed by atoms with Gasteiger partial charge in [0.2, 0.25) is 0 Å². The summed E-state index contributed by atoms with van der Waals surface area (Å²) in [5, 5.41) is 10.4. The van der Waals surface area contributed by atoms with Gasteiger partial charge in [0.1, 0.15) is 0 Å². The predicted octanol–water partition coefficient (Wildman–Crippen LogP) is 4.21. The third-order valence-electron chi connectivity index (χ3n) is 4.01. The van der Waals surface area contributed by atoms with Crippen LogP contribution in [0.15, 0.2) is 24.3 Å². The van der Waals surface area contributed by atoms with Gasteiger partial charge in [-0.2, -0.15) is 0 Å². The van der Waals surface area contributed by atoms with Crippen molar-refractivity contribution < 1.29 is 5.11 Å². The van der Waals surface area contributed by atoms with Crippen LogP contribution in [0.2, 0.25) is 0 Å². The molecule has 0 heterocycles. The first kappa shape index (κ1) is 17.2. The summed E-state index contributed by atoms with van der Waals surface area (Å²) in [6.45, 7) is 11.8. The van der Waals surface area contributed by atoms with E-state index in [-0.39, 0.29) is 0 Å². The SMILES string of the molecule is CC(C)CC(C)N(C)CC(O)c1ccc(C(C)C)cc1. The van der Waals surface area contributed by atoms with E-state index >= 15 is 0 Å². The molecule has 0 spiro atoms. The second-order valence-corrected chi connectivity index (χ2v) is 6.76. The largest absolute Gasteiger partial charge is 0.387 e. The molecule has 0 amide bonds. The Hall–Kier alpha value is -0.860. The number of hydrogen-bond acceptors (Lipinski definition) is 2. The number of aliphatic hydroxyl groups excluding tert-OH is 1. The molecule has 0 radical (unpaired) electrons. The van der Waals surface area contributed by atoms with Gasteiger partial charge < -0.3 is 10.0 Å². The van der Waals surface area contributed by atoms with Gasteiger partial charge in [0.05, 0.1) is 6.10 Å². The van der Waals surface area contributed by atoms with Crippen molar-refractivity contribution in [3.63, 3.8) is 0 Å². The lowest BCUT2D eigenvalue weighted by Gasteiger charge is -2.28. The molecule has 0 saturated heterocycles. The van der Waals surface area contributed by atoms with Crippen molar-refractivity contribution >= 4 is 0 Å². The molecule has 114 valence electrons. The van der Waals surface area contributed by atoms with Crippen LogP contribution in [0.4, 0.5) is 0 Å². The molecule has 0 saturated carbocycles. The summed E-state index contributed by atoms with van der Waals surface area (Å²) in [5.74, 6) is 1.23. The maximum Gasteiger partial charge on any atom is 0.0916 e.